The van der Waals surface area contributed by atoms with E-state index >= 15 is 0 Å². The fourth-order valence-corrected chi connectivity index (χ4v) is 2.52. The molecule has 0 aromatic carbocycles. The first-order chi connectivity index (χ1) is 8.15. The lowest BCUT2D eigenvalue weighted by Crippen LogP contribution is -2.19. The zero-order chi connectivity index (χ0) is 12.3. The van der Waals surface area contributed by atoms with Gasteiger partial charge in [-0.25, -0.2) is 9.37 Å². The monoisotopic (exact) mass is 270 g/mol. The summed E-state index contributed by atoms with van der Waals surface area (Å²) >= 11 is 7.33. The van der Waals surface area contributed by atoms with Crippen LogP contribution >= 0.6 is 22.9 Å². The van der Waals surface area contributed by atoms with Crippen LogP contribution in [0.1, 0.15) is 11.8 Å². The second-order valence-corrected chi connectivity index (χ2v) is 5.28. The highest BCUT2D eigenvalue weighted by Gasteiger charge is 2.09. The highest BCUT2D eigenvalue weighted by atomic mass is 35.5. The Kier molecular flexibility index (Phi) is 3.97. The number of nitrogens with zero attached hydrogens (tertiary/aromatic N) is 1. The maximum atomic E-state index is 13.5. The Labute approximate surface area is 108 Å². The van der Waals surface area contributed by atoms with Gasteiger partial charge in [-0.1, -0.05) is 17.7 Å². The van der Waals surface area contributed by atoms with Gasteiger partial charge >= 0.3 is 0 Å². The number of pyridine rings is 1. The summed E-state index contributed by atoms with van der Waals surface area (Å²) in [5, 5.41) is 5.37. The first kappa shape index (κ1) is 12.3. The molecule has 5 heteroatoms. The van der Waals surface area contributed by atoms with E-state index < -0.39 is 5.82 Å². The fraction of sp³-hybridized carbons (Fsp3) is 0.250. The van der Waals surface area contributed by atoms with Crippen molar-refractivity contribution in [1.29, 1.82) is 0 Å². The number of nitrogens with one attached hydrogen (secondary N) is 1. The summed E-state index contributed by atoms with van der Waals surface area (Å²) in [5.74, 6) is -0.172. The van der Waals surface area contributed by atoms with Gasteiger partial charge in [0, 0.05) is 23.5 Å². The van der Waals surface area contributed by atoms with Crippen LogP contribution in [0.4, 0.5) is 10.2 Å². The third-order valence-electron chi connectivity index (χ3n) is 2.28. The van der Waals surface area contributed by atoms with Crippen molar-refractivity contribution < 1.29 is 4.39 Å². The van der Waals surface area contributed by atoms with E-state index in [4.69, 9.17) is 11.6 Å². The minimum Gasteiger partial charge on any atom is -0.365 e. The maximum absolute atomic E-state index is 13.5. The van der Waals surface area contributed by atoms with Gasteiger partial charge in [-0.15, -0.1) is 11.3 Å². The van der Waals surface area contributed by atoms with Gasteiger partial charge in [0.2, 0.25) is 0 Å². The van der Waals surface area contributed by atoms with Crippen LogP contribution in [0, 0.1) is 5.82 Å². The van der Waals surface area contributed by atoms with Crippen molar-refractivity contribution in [2.24, 2.45) is 0 Å². The van der Waals surface area contributed by atoms with Gasteiger partial charge in [0.1, 0.15) is 0 Å². The summed E-state index contributed by atoms with van der Waals surface area (Å²) in [6.07, 6.45) is 2.28. The zero-order valence-corrected chi connectivity index (χ0v) is 10.9. The third kappa shape index (κ3) is 3.41. The second-order valence-electron chi connectivity index (χ2n) is 3.81. The smallest absolute Gasteiger partial charge is 0.166 e. The fourth-order valence-electron chi connectivity index (χ4n) is 1.54. The maximum Gasteiger partial charge on any atom is 0.166 e. The molecule has 0 aliphatic rings. The van der Waals surface area contributed by atoms with Gasteiger partial charge in [-0.2, -0.15) is 0 Å². The molecule has 1 unspecified atom stereocenters. The molecule has 1 N–H and O–H groups in total. The number of anilines is 1. The summed E-state index contributed by atoms with van der Waals surface area (Å²) in [6, 6.07) is 5.45. The lowest BCUT2D eigenvalue weighted by Gasteiger charge is -2.14. The van der Waals surface area contributed by atoms with E-state index in [1.54, 1.807) is 11.3 Å². The lowest BCUT2D eigenvalue weighted by molar-refractivity contribution is 0.619. The van der Waals surface area contributed by atoms with Crippen LogP contribution in [0.15, 0.2) is 29.8 Å². The molecule has 0 saturated heterocycles. The molecule has 2 nitrogen and oxygen atoms in total. The van der Waals surface area contributed by atoms with Gasteiger partial charge in [0.05, 0.1) is 5.02 Å². The number of thiophene rings is 1. The first-order valence-electron chi connectivity index (χ1n) is 5.25. The average Bonchev–Trinajstić information content (AvgIpc) is 2.75. The molecular weight excluding hydrogens is 259 g/mol. The van der Waals surface area contributed by atoms with Gasteiger partial charge in [0.25, 0.3) is 0 Å². The number of rotatable bonds is 4. The molecular formula is C12H12ClFN2S. The largest absolute Gasteiger partial charge is 0.365 e. The molecule has 0 aliphatic heterocycles. The Morgan fingerprint density at radius 1 is 1.59 bits per heavy atom. The molecule has 2 aromatic rings. The van der Waals surface area contributed by atoms with Crippen molar-refractivity contribution in [3.63, 3.8) is 0 Å². The van der Waals surface area contributed by atoms with E-state index in [1.165, 1.54) is 17.1 Å². The third-order valence-corrected chi connectivity index (χ3v) is 3.38. The summed E-state index contributed by atoms with van der Waals surface area (Å²) < 4.78 is 13.5. The van der Waals surface area contributed by atoms with Crippen molar-refractivity contribution in [2.45, 2.75) is 19.4 Å². The normalized spacial score (nSPS) is 12.4. The van der Waals surface area contributed by atoms with Crippen molar-refractivity contribution in [2.75, 3.05) is 5.32 Å². The summed E-state index contributed by atoms with van der Waals surface area (Å²) in [6.45, 7) is 2.00. The molecule has 2 aromatic heterocycles. The molecule has 1 atom stereocenters. The van der Waals surface area contributed by atoms with Crippen LogP contribution in [-0.2, 0) is 6.42 Å². The Bertz CT molecular complexity index is 487. The number of aromatic nitrogens is 1. The Balaban J connectivity index is 2.00. The highest BCUT2D eigenvalue weighted by Crippen LogP contribution is 2.18. The van der Waals surface area contributed by atoms with Crippen LogP contribution in [0.2, 0.25) is 5.02 Å². The van der Waals surface area contributed by atoms with Gasteiger partial charge in [-0.05, 0) is 24.4 Å². The number of hydrogen-bond acceptors (Lipinski definition) is 3. The Morgan fingerprint density at radius 3 is 3.06 bits per heavy atom. The predicted molar refractivity (Wildman–Crippen MR) is 70.3 cm³/mol. The second kappa shape index (κ2) is 5.47. The van der Waals surface area contributed by atoms with Gasteiger partial charge in [0.15, 0.2) is 11.6 Å². The molecule has 0 spiro atoms. The molecule has 2 heterocycles. The summed E-state index contributed by atoms with van der Waals surface area (Å²) in [4.78, 5) is 5.20. The molecule has 90 valence electrons. The first-order valence-corrected chi connectivity index (χ1v) is 6.51. The van der Waals surface area contributed by atoms with E-state index in [9.17, 15) is 4.39 Å². The van der Waals surface area contributed by atoms with E-state index in [-0.39, 0.29) is 11.9 Å². The average molecular weight is 271 g/mol. The van der Waals surface area contributed by atoms with Crippen LogP contribution in [0.5, 0.6) is 0 Å². The topological polar surface area (TPSA) is 24.9 Å². The van der Waals surface area contributed by atoms with Crippen molar-refractivity contribution in [3.8, 4) is 0 Å². The Morgan fingerprint density at radius 2 is 2.41 bits per heavy atom. The van der Waals surface area contributed by atoms with Crippen molar-refractivity contribution in [3.05, 3.63) is 45.5 Å². The van der Waals surface area contributed by atoms with Crippen LogP contribution < -0.4 is 5.32 Å². The number of halogens is 2. The molecule has 0 aliphatic carbocycles. The molecule has 2 rings (SSSR count). The molecule has 0 saturated carbocycles. The van der Waals surface area contributed by atoms with Crippen LogP contribution in [0.3, 0.4) is 0 Å². The lowest BCUT2D eigenvalue weighted by atomic mass is 10.2. The van der Waals surface area contributed by atoms with Crippen molar-refractivity contribution in [1.82, 2.24) is 4.98 Å². The minimum atomic E-state index is -0.421. The molecule has 0 fully saturated rings. The summed E-state index contributed by atoms with van der Waals surface area (Å²) in [5.41, 5.74) is 0. The van der Waals surface area contributed by atoms with E-state index in [1.807, 2.05) is 18.4 Å². The molecule has 17 heavy (non-hydrogen) atoms. The van der Waals surface area contributed by atoms with Gasteiger partial charge in [-0.3, -0.25) is 0 Å². The molecule has 0 amide bonds. The van der Waals surface area contributed by atoms with Crippen molar-refractivity contribution >= 4 is 28.8 Å². The number of hydrogen-bond donors (Lipinski definition) is 1. The molecule has 0 radical (unpaired) electrons. The van der Waals surface area contributed by atoms with E-state index in [0.717, 1.165) is 6.42 Å². The standard InChI is InChI=1S/C12H12ClFN2S/c1-8(5-10-3-2-4-17-10)16-12-11(14)6-9(13)7-15-12/h2-4,6-8H,5H2,1H3,(H,15,16). The predicted octanol–water partition coefficient (Wildman–Crippen LogP) is 3.98. The Hall–Kier alpha value is -1.13. The van der Waals surface area contributed by atoms with E-state index in [2.05, 4.69) is 16.4 Å². The highest BCUT2D eigenvalue weighted by molar-refractivity contribution is 7.09. The van der Waals surface area contributed by atoms with Gasteiger partial charge < -0.3 is 5.32 Å². The van der Waals surface area contributed by atoms with Crippen LogP contribution in [0.25, 0.3) is 0 Å². The minimum absolute atomic E-state index is 0.122. The summed E-state index contributed by atoms with van der Waals surface area (Å²) in [7, 11) is 0. The zero-order valence-electron chi connectivity index (χ0n) is 9.28. The molecule has 0 bridgehead atoms. The van der Waals surface area contributed by atoms with Crippen LogP contribution in [-0.4, -0.2) is 11.0 Å². The SMILES string of the molecule is CC(Cc1cccs1)Nc1ncc(Cl)cc1F. The quantitative estimate of drug-likeness (QED) is 0.909. The van der Waals surface area contributed by atoms with E-state index in [0.29, 0.717) is 5.02 Å².